The number of likely N-dealkylation sites (tertiary alicyclic amines) is 1. The first-order chi connectivity index (χ1) is 12.0. The third-order valence-electron chi connectivity index (χ3n) is 4.23. The molecular weight excluding hydrogens is 330 g/mol. The summed E-state index contributed by atoms with van der Waals surface area (Å²) in [5.74, 6) is 0.168. The minimum Gasteiger partial charge on any atom is -0.492 e. The molecule has 4 N–H and O–H groups in total. The number of piperidine rings is 1. The van der Waals surface area contributed by atoms with Crippen LogP contribution in [0.3, 0.4) is 0 Å². The van der Waals surface area contributed by atoms with Gasteiger partial charge in [0.15, 0.2) is 0 Å². The Morgan fingerprint density at radius 3 is 2.48 bits per heavy atom. The van der Waals surface area contributed by atoms with E-state index in [4.69, 9.17) is 9.47 Å². The van der Waals surface area contributed by atoms with Crippen LogP contribution in [0, 0.1) is 0 Å². The highest BCUT2D eigenvalue weighted by Crippen LogP contribution is 2.19. The fraction of sp³-hybridized carbons (Fsp3) is 0.588. The quantitative estimate of drug-likeness (QED) is 0.460. The molecule has 1 heterocycles. The molecule has 1 fully saturated rings. The number of hydrogen-bond donors (Lipinski definition) is 4. The zero-order valence-corrected chi connectivity index (χ0v) is 14.1. The minimum atomic E-state index is -1.27. The molecule has 1 aliphatic heterocycles. The highest BCUT2D eigenvalue weighted by atomic mass is 16.5. The molecule has 1 saturated heterocycles. The molecule has 1 aliphatic rings. The van der Waals surface area contributed by atoms with E-state index in [-0.39, 0.29) is 19.8 Å². The molecule has 8 nitrogen and oxygen atoms in total. The molecule has 0 spiro atoms. The topological polar surface area (TPSA) is 120 Å². The van der Waals surface area contributed by atoms with Crippen molar-refractivity contribution < 1.29 is 34.7 Å². The SMILES string of the molecule is CCOC(=O)c1ccc(OCCN2C[C@@H](O)[C@H](O)[C@@H](O)[C@@H]2CO)cc1. The average Bonchev–Trinajstić information content (AvgIpc) is 2.61. The van der Waals surface area contributed by atoms with Crippen LogP contribution in [0.15, 0.2) is 24.3 Å². The maximum atomic E-state index is 11.6. The summed E-state index contributed by atoms with van der Waals surface area (Å²) in [6, 6.07) is 5.86. The lowest BCUT2D eigenvalue weighted by Gasteiger charge is -2.42. The van der Waals surface area contributed by atoms with Crippen molar-refractivity contribution in [3.8, 4) is 5.75 Å². The Bertz CT molecular complexity index is 550. The van der Waals surface area contributed by atoms with Crippen molar-refractivity contribution >= 4 is 5.97 Å². The van der Waals surface area contributed by atoms with E-state index in [0.29, 0.717) is 24.5 Å². The molecule has 0 aromatic heterocycles. The number of benzene rings is 1. The first-order valence-electron chi connectivity index (χ1n) is 8.27. The third-order valence-corrected chi connectivity index (χ3v) is 4.23. The minimum absolute atomic E-state index is 0.134. The molecule has 0 aliphatic carbocycles. The Labute approximate surface area is 146 Å². The van der Waals surface area contributed by atoms with E-state index in [1.807, 2.05) is 0 Å². The molecule has 25 heavy (non-hydrogen) atoms. The molecule has 0 radical (unpaired) electrons. The zero-order valence-electron chi connectivity index (χ0n) is 14.1. The van der Waals surface area contributed by atoms with Gasteiger partial charge in [-0.25, -0.2) is 4.79 Å². The van der Waals surface area contributed by atoms with E-state index < -0.39 is 30.3 Å². The summed E-state index contributed by atoms with van der Waals surface area (Å²) in [7, 11) is 0. The van der Waals surface area contributed by atoms with Gasteiger partial charge in [-0.1, -0.05) is 0 Å². The second-order valence-electron chi connectivity index (χ2n) is 5.89. The van der Waals surface area contributed by atoms with Gasteiger partial charge in [0.25, 0.3) is 0 Å². The van der Waals surface area contributed by atoms with Gasteiger partial charge in [-0.05, 0) is 31.2 Å². The van der Waals surface area contributed by atoms with Crippen molar-refractivity contribution in [2.24, 2.45) is 0 Å². The number of esters is 1. The predicted molar refractivity (Wildman–Crippen MR) is 88.4 cm³/mol. The lowest BCUT2D eigenvalue weighted by molar-refractivity contribution is -0.146. The number of ether oxygens (including phenoxy) is 2. The Kier molecular flexibility index (Phi) is 7.15. The zero-order chi connectivity index (χ0) is 18.4. The highest BCUT2D eigenvalue weighted by Gasteiger charge is 2.40. The lowest BCUT2D eigenvalue weighted by Crippen LogP contribution is -2.63. The molecule has 140 valence electrons. The first kappa shape index (κ1) is 19.6. The Hall–Kier alpha value is -1.71. The Morgan fingerprint density at radius 2 is 1.88 bits per heavy atom. The van der Waals surface area contributed by atoms with Crippen LogP contribution in [-0.2, 0) is 4.74 Å². The van der Waals surface area contributed by atoms with Gasteiger partial charge in [-0.2, -0.15) is 0 Å². The standard InChI is InChI=1S/C17H25NO7/c1-2-24-17(23)11-3-5-12(6-4-11)25-8-7-18-9-14(20)16(22)15(21)13(18)10-19/h3-6,13-16,19-22H,2,7-10H2,1H3/t13-,14+,15-,16-/m0/s1. The number of nitrogens with zero attached hydrogens (tertiary/aromatic N) is 1. The maximum absolute atomic E-state index is 11.6. The van der Waals surface area contributed by atoms with E-state index in [1.54, 1.807) is 36.1 Å². The highest BCUT2D eigenvalue weighted by molar-refractivity contribution is 5.89. The summed E-state index contributed by atoms with van der Waals surface area (Å²) < 4.78 is 10.5. The molecule has 4 atom stereocenters. The van der Waals surface area contributed by atoms with Crippen molar-refractivity contribution in [1.29, 1.82) is 0 Å². The smallest absolute Gasteiger partial charge is 0.338 e. The van der Waals surface area contributed by atoms with E-state index in [2.05, 4.69) is 0 Å². The van der Waals surface area contributed by atoms with Gasteiger partial charge in [0.1, 0.15) is 24.6 Å². The Balaban J connectivity index is 1.86. The van der Waals surface area contributed by atoms with Gasteiger partial charge in [0, 0.05) is 13.1 Å². The number of aliphatic hydroxyl groups is 4. The van der Waals surface area contributed by atoms with Gasteiger partial charge in [0.05, 0.1) is 30.9 Å². The normalized spacial score (nSPS) is 27.1. The van der Waals surface area contributed by atoms with E-state index in [9.17, 15) is 25.2 Å². The number of hydrogen-bond acceptors (Lipinski definition) is 8. The van der Waals surface area contributed by atoms with E-state index in [0.717, 1.165) is 0 Å². The van der Waals surface area contributed by atoms with Crippen molar-refractivity contribution in [3.05, 3.63) is 29.8 Å². The fourth-order valence-corrected chi connectivity index (χ4v) is 2.82. The molecule has 0 saturated carbocycles. The second-order valence-corrected chi connectivity index (χ2v) is 5.89. The van der Waals surface area contributed by atoms with Crippen molar-refractivity contribution in [2.45, 2.75) is 31.3 Å². The van der Waals surface area contributed by atoms with Crippen LogP contribution in [0.25, 0.3) is 0 Å². The third kappa shape index (κ3) is 4.90. The average molecular weight is 355 g/mol. The second kappa shape index (κ2) is 9.12. The van der Waals surface area contributed by atoms with Crippen molar-refractivity contribution in [2.75, 3.05) is 32.9 Å². The van der Waals surface area contributed by atoms with Crippen molar-refractivity contribution in [3.63, 3.8) is 0 Å². The van der Waals surface area contributed by atoms with Crippen LogP contribution in [0.5, 0.6) is 5.75 Å². The molecule has 0 bridgehead atoms. The van der Waals surface area contributed by atoms with Crippen LogP contribution in [-0.4, -0.2) is 88.6 Å². The molecule has 0 unspecified atom stereocenters. The summed E-state index contributed by atoms with van der Waals surface area (Å²) in [6.45, 7) is 2.46. The molecule has 0 amide bonds. The van der Waals surface area contributed by atoms with Crippen LogP contribution >= 0.6 is 0 Å². The van der Waals surface area contributed by atoms with Gasteiger partial charge >= 0.3 is 5.97 Å². The summed E-state index contributed by atoms with van der Waals surface area (Å²) in [5, 5.41) is 38.8. The lowest BCUT2D eigenvalue weighted by atomic mass is 9.94. The molecule has 1 aromatic rings. The monoisotopic (exact) mass is 355 g/mol. The Morgan fingerprint density at radius 1 is 1.20 bits per heavy atom. The largest absolute Gasteiger partial charge is 0.492 e. The van der Waals surface area contributed by atoms with Gasteiger partial charge in [-0.15, -0.1) is 0 Å². The number of rotatable bonds is 7. The van der Waals surface area contributed by atoms with Gasteiger partial charge < -0.3 is 29.9 Å². The molecular formula is C17H25NO7. The van der Waals surface area contributed by atoms with E-state index in [1.165, 1.54) is 0 Å². The molecule has 1 aromatic carbocycles. The summed E-state index contributed by atoms with van der Waals surface area (Å²) in [4.78, 5) is 13.2. The molecule has 2 rings (SSSR count). The van der Waals surface area contributed by atoms with Crippen molar-refractivity contribution in [1.82, 2.24) is 4.90 Å². The summed E-state index contributed by atoms with van der Waals surface area (Å²) in [6.07, 6.45) is -3.58. The number of aliphatic hydroxyl groups excluding tert-OH is 4. The van der Waals surface area contributed by atoms with Crippen LogP contribution in [0.2, 0.25) is 0 Å². The van der Waals surface area contributed by atoms with Crippen LogP contribution in [0.4, 0.5) is 0 Å². The predicted octanol–water partition coefficient (Wildman–Crippen LogP) is -0.999. The van der Waals surface area contributed by atoms with Crippen LogP contribution in [0.1, 0.15) is 17.3 Å². The fourth-order valence-electron chi connectivity index (χ4n) is 2.82. The summed E-state index contributed by atoms with van der Waals surface area (Å²) >= 11 is 0. The van der Waals surface area contributed by atoms with Gasteiger partial charge in [0.2, 0.25) is 0 Å². The number of carbonyl (C=O) groups is 1. The van der Waals surface area contributed by atoms with E-state index >= 15 is 0 Å². The molecule has 8 heteroatoms. The maximum Gasteiger partial charge on any atom is 0.338 e. The van der Waals surface area contributed by atoms with Crippen LogP contribution < -0.4 is 4.74 Å². The number of β-amino-alcohol motifs (C(OH)–C–C–N with tert-alkyl or cyclic N) is 1. The summed E-state index contributed by atoms with van der Waals surface area (Å²) in [5.41, 5.74) is 0.436. The van der Waals surface area contributed by atoms with Gasteiger partial charge in [-0.3, -0.25) is 4.90 Å². The number of carbonyl (C=O) groups excluding carboxylic acids is 1. The first-order valence-corrected chi connectivity index (χ1v) is 8.27.